The third-order valence-electron chi connectivity index (χ3n) is 4.97. The summed E-state index contributed by atoms with van der Waals surface area (Å²) in [7, 11) is 0. The zero-order chi connectivity index (χ0) is 16.2. The molecule has 1 spiro atoms. The maximum Gasteiger partial charge on any atom is 0.126 e. The topological polar surface area (TPSA) is 50.3 Å². The summed E-state index contributed by atoms with van der Waals surface area (Å²) in [6.45, 7) is 3.86. The summed E-state index contributed by atoms with van der Waals surface area (Å²) in [5, 5.41) is 3.51. The molecule has 0 aliphatic carbocycles. The molecule has 5 nitrogen and oxygen atoms in total. The van der Waals surface area contributed by atoms with Crippen LogP contribution in [0.2, 0.25) is 0 Å². The number of hydrogen-bond donors (Lipinski definition) is 1. The monoisotopic (exact) mass is 324 g/mol. The second-order valence-electron chi connectivity index (χ2n) is 6.93. The van der Waals surface area contributed by atoms with Gasteiger partial charge in [0.05, 0.1) is 18.2 Å². The normalized spacial score (nSPS) is 27.4. The Morgan fingerprint density at radius 2 is 2.25 bits per heavy atom. The summed E-state index contributed by atoms with van der Waals surface area (Å²) in [6.07, 6.45) is 9.00. The average Bonchev–Trinajstić information content (AvgIpc) is 2.98. The van der Waals surface area contributed by atoms with Crippen molar-refractivity contribution in [3.8, 4) is 0 Å². The van der Waals surface area contributed by atoms with Gasteiger partial charge in [-0.15, -0.1) is 0 Å². The number of nitrogens with one attached hydrogen (secondary N) is 1. The van der Waals surface area contributed by atoms with Crippen molar-refractivity contribution in [1.82, 2.24) is 14.9 Å². The lowest BCUT2D eigenvalue weighted by Crippen LogP contribution is -2.47. The molecule has 2 atom stereocenters. The van der Waals surface area contributed by atoms with Gasteiger partial charge in [0.15, 0.2) is 0 Å². The van der Waals surface area contributed by atoms with Crippen molar-refractivity contribution in [3.05, 3.63) is 54.5 Å². The van der Waals surface area contributed by atoms with Crippen LogP contribution in [0.3, 0.4) is 0 Å². The van der Waals surface area contributed by atoms with Crippen molar-refractivity contribution in [2.75, 3.05) is 25.0 Å². The molecular weight excluding hydrogens is 300 g/mol. The number of rotatable bonds is 4. The summed E-state index contributed by atoms with van der Waals surface area (Å²) >= 11 is 0. The first-order valence-corrected chi connectivity index (χ1v) is 8.74. The van der Waals surface area contributed by atoms with Gasteiger partial charge in [-0.25, -0.2) is 4.98 Å². The molecule has 2 saturated heterocycles. The van der Waals surface area contributed by atoms with E-state index in [0.29, 0.717) is 6.04 Å². The average molecular weight is 324 g/mol. The van der Waals surface area contributed by atoms with Crippen molar-refractivity contribution in [3.63, 3.8) is 0 Å². The molecule has 126 valence electrons. The second kappa shape index (κ2) is 6.87. The zero-order valence-corrected chi connectivity index (χ0v) is 13.9. The van der Waals surface area contributed by atoms with Crippen LogP contribution in [-0.4, -0.2) is 46.2 Å². The number of ether oxygens (including phenoxy) is 1. The molecule has 2 fully saturated rings. The molecule has 24 heavy (non-hydrogen) atoms. The largest absolute Gasteiger partial charge is 0.371 e. The van der Waals surface area contributed by atoms with Gasteiger partial charge in [0.1, 0.15) is 5.82 Å². The van der Waals surface area contributed by atoms with Gasteiger partial charge in [-0.05, 0) is 43.1 Å². The van der Waals surface area contributed by atoms with E-state index in [0.717, 1.165) is 44.9 Å². The van der Waals surface area contributed by atoms with E-state index in [-0.39, 0.29) is 5.60 Å². The van der Waals surface area contributed by atoms with Crippen LogP contribution in [0.1, 0.15) is 24.8 Å². The highest BCUT2D eigenvalue weighted by Crippen LogP contribution is 2.36. The van der Waals surface area contributed by atoms with Crippen LogP contribution in [-0.2, 0) is 11.3 Å². The Labute approximate surface area is 143 Å². The van der Waals surface area contributed by atoms with Gasteiger partial charge >= 0.3 is 0 Å². The van der Waals surface area contributed by atoms with Crippen LogP contribution in [0, 0.1) is 0 Å². The first-order chi connectivity index (χ1) is 11.8. The zero-order valence-electron chi connectivity index (χ0n) is 13.9. The van der Waals surface area contributed by atoms with E-state index in [1.165, 1.54) is 12.0 Å². The molecule has 1 N–H and O–H groups in total. The number of pyridine rings is 2. The smallest absolute Gasteiger partial charge is 0.126 e. The minimum absolute atomic E-state index is 0.00704. The van der Waals surface area contributed by atoms with Crippen LogP contribution in [0.4, 0.5) is 5.82 Å². The minimum Gasteiger partial charge on any atom is -0.371 e. The van der Waals surface area contributed by atoms with Crippen molar-refractivity contribution < 1.29 is 4.74 Å². The summed E-state index contributed by atoms with van der Waals surface area (Å²) in [4.78, 5) is 11.1. The standard InChI is InChI=1S/C19H24N4O/c1-2-9-21-18(6-1)22-17-11-19(24-14-17)7-4-10-23(15-19)13-16-5-3-8-20-12-16/h1-3,5-6,8-9,12,17H,4,7,10-11,13-15H2,(H,21,22). The Balaban J connectivity index is 1.37. The number of hydrogen-bond acceptors (Lipinski definition) is 5. The molecule has 5 heteroatoms. The molecule has 2 aromatic heterocycles. The summed E-state index contributed by atoms with van der Waals surface area (Å²) in [5.74, 6) is 0.936. The molecular formula is C19H24N4O. The third-order valence-corrected chi connectivity index (χ3v) is 4.97. The third kappa shape index (κ3) is 3.57. The second-order valence-corrected chi connectivity index (χ2v) is 6.93. The highest BCUT2D eigenvalue weighted by molar-refractivity contribution is 5.35. The Bertz CT molecular complexity index is 651. The van der Waals surface area contributed by atoms with Gasteiger partial charge in [0, 0.05) is 38.1 Å². The number of likely N-dealkylation sites (tertiary alicyclic amines) is 1. The Morgan fingerprint density at radius 1 is 1.25 bits per heavy atom. The Kier molecular flexibility index (Phi) is 4.45. The maximum atomic E-state index is 6.29. The quantitative estimate of drug-likeness (QED) is 0.937. The summed E-state index contributed by atoms with van der Waals surface area (Å²) in [6, 6.07) is 10.5. The minimum atomic E-state index is -0.00704. The van der Waals surface area contributed by atoms with Crippen molar-refractivity contribution in [2.45, 2.75) is 37.5 Å². The van der Waals surface area contributed by atoms with Crippen LogP contribution in [0.25, 0.3) is 0 Å². The Hall–Kier alpha value is -1.98. The predicted molar refractivity (Wildman–Crippen MR) is 93.7 cm³/mol. The molecule has 0 amide bonds. The van der Waals surface area contributed by atoms with E-state index in [2.05, 4.69) is 26.3 Å². The number of nitrogens with zero attached hydrogens (tertiary/aromatic N) is 3. The number of aromatic nitrogens is 2. The molecule has 2 aliphatic rings. The summed E-state index contributed by atoms with van der Waals surface area (Å²) < 4.78 is 6.29. The van der Waals surface area contributed by atoms with E-state index in [1.54, 1.807) is 0 Å². The number of anilines is 1. The van der Waals surface area contributed by atoms with E-state index >= 15 is 0 Å². The fraction of sp³-hybridized carbons (Fsp3) is 0.474. The molecule has 2 unspecified atom stereocenters. The van der Waals surface area contributed by atoms with Crippen LogP contribution < -0.4 is 5.32 Å². The molecule has 0 aromatic carbocycles. The molecule has 0 radical (unpaired) electrons. The van der Waals surface area contributed by atoms with Gasteiger partial charge in [0.2, 0.25) is 0 Å². The number of piperidine rings is 1. The molecule has 2 aromatic rings. The van der Waals surface area contributed by atoms with E-state index < -0.39 is 0 Å². The SMILES string of the molecule is c1ccc(NC2COC3(CCCN(Cc4cccnc4)C3)C2)nc1. The molecule has 4 rings (SSSR count). The summed E-state index contributed by atoms with van der Waals surface area (Å²) in [5.41, 5.74) is 1.27. The first kappa shape index (κ1) is 15.5. The van der Waals surface area contributed by atoms with Crippen molar-refractivity contribution >= 4 is 5.82 Å². The highest BCUT2D eigenvalue weighted by Gasteiger charge is 2.43. The lowest BCUT2D eigenvalue weighted by Gasteiger charge is -2.39. The molecule has 2 aliphatic heterocycles. The van der Waals surface area contributed by atoms with E-state index in [4.69, 9.17) is 4.74 Å². The van der Waals surface area contributed by atoms with E-state index in [1.807, 2.05) is 42.9 Å². The van der Waals surface area contributed by atoms with Crippen LogP contribution in [0.15, 0.2) is 48.9 Å². The molecule has 4 heterocycles. The maximum absolute atomic E-state index is 6.29. The lowest BCUT2D eigenvalue weighted by atomic mass is 9.88. The van der Waals surface area contributed by atoms with Gasteiger partial charge in [-0.3, -0.25) is 9.88 Å². The van der Waals surface area contributed by atoms with E-state index in [9.17, 15) is 0 Å². The van der Waals surface area contributed by atoms with Crippen molar-refractivity contribution in [2.24, 2.45) is 0 Å². The fourth-order valence-electron chi connectivity index (χ4n) is 3.95. The van der Waals surface area contributed by atoms with Gasteiger partial charge in [-0.1, -0.05) is 12.1 Å². The predicted octanol–water partition coefficient (Wildman–Crippen LogP) is 2.71. The Morgan fingerprint density at radius 3 is 3.08 bits per heavy atom. The van der Waals surface area contributed by atoms with Gasteiger partial charge < -0.3 is 10.1 Å². The van der Waals surface area contributed by atoms with Crippen LogP contribution >= 0.6 is 0 Å². The lowest BCUT2D eigenvalue weighted by molar-refractivity contribution is -0.0533. The van der Waals surface area contributed by atoms with Gasteiger partial charge in [0.25, 0.3) is 0 Å². The highest BCUT2D eigenvalue weighted by atomic mass is 16.5. The molecule has 0 saturated carbocycles. The first-order valence-electron chi connectivity index (χ1n) is 8.74. The van der Waals surface area contributed by atoms with Gasteiger partial charge in [-0.2, -0.15) is 0 Å². The fourth-order valence-corrected chi connectivity index (χ4v) is 3.95. The van der Waals surface area contributed by atoms with Crippen molar-refractivity contribution in [1.29, 1.82) is 0 Å². The molecule has 0 bridgehead atoms. The van der Waals surface area contributed by atoms with Crippen LogP contribution in [0.5, 0.6) is 0 Å².